The topological polar surface area (TPSA) is 38.7 Å². The molecule has 2 atom stereocenters. The number of carbonyl (C=O) groups excluding carboxylic acids is 1. The van der Waals surface area contributed by atoms with Gasteiger partial charge in [0.05, 0.1) is 10.0 Å². The second kappa shape index (κ2) is 4.00. The lowest BCUT2D eigenvalue weighted by Crippen LogP contribution is -2.24. The zero-order valence-electron chi connectivity index (χ0n) is 8.82. The first kappa shape index (κ1) is 11.1. The van der Waals surface area contributed by atoms with Gasteiger partial charge in [0.15, 0.2) is 0 Å². The molecule has 5 heteroatoms. The first-order valence-corrected chi connectivity index (χ1v) is 6.15. The van der Waals surface area contributed by atoms with E-state index in [-0.39, 0.29) is 17.8 Å². The van der Waals surface area contributed by atoms with Crippen LogP contribution in [0.15, 0.2) is 23.4 Å². The molecule has 0 amide bonds. The van der Waals surface area contributed by atoms with Gasteiger partial charge in [-0.05, 0) is 18.6 Å². The highest BCUT2D eigenvalue weighted by Gasteiger charge is 2.45. The molecule has 1 fully saturated rings. The largest absolute Gasteiger partial charge is 0.391 e. The summed E-state index contributed by atoms with van der Waals surface area (Å²) >= 11 is 12.2. The normalized spacial score (nSPS) is 26.7. The molecule has 3 nitrogen and oxygen atoms in total. The van der Waals surface area contributed by atoms with E-state index >= 15 is 0 Å². The van der Waals surface area contributed by atoms with Gasteiger partial charge in [-0.15, -0.1) is 0 Å². The van der Waals surface area contributed by atoms with E-state index in [0.29, 0.717) is 27.7 Å². The molecule has 0 N–H and O–H groups in total. The van der Waals surface area contributed by atoms with E-state index in [1.807, 2.05) is 0 Å². The molecule has 1 saturated carbocycles. The van der Waals surface area contributed by atoms with Crippen LogP contribution in [0.25, 0.3) is 0 Å². The van der Waals surface area contributed by atoms with Crippen LogP contribution in [0.5, 0.6) is 0 Å². The number of benzene rings is 1. The van der Waals surface area contributed by atoms with E-state index in [0.717, 1.165) is 6.42 Å². The lowest BCUT2D eigenvalue weighted by atomic mass is 9.93. The summed E-state index contributed by atoms with van der Waals surface area (Å²) in [5.41, 5.74) is 1.20. The van der Waals surface area contributed by atoms with Crippen molar-refractivity contribution >= 4 is 34.7 Å². The Bertz CT molecular complexity index is 507. The predicted molar refractivity (Wildman–Crippen MR) is 65.6 cm³/mol. The van der Waals surface area contributed by atoms with E-state index in [4.69, 9.17) is 28.0 Å². The van der Waals surface area contributed by atoms with Crippen molar-refractivity contribution in [2.45, 2.75) is 18.9 Å². The molecule has 0 saturated heterocycles. The average Bonchev–Trinajstić information content (AvgIpc) is 2.83. The fourth-order valence-electron chi connectivity index (χ4n) is 2.38. The van der Waals surface area contributed by atoms with Gasteiger partial charge >= 0.3 is 0 Å². The molecule has 2 aliphatic rings. The minimum absolute atomic E-state index is 0.134. The lowest BCUT2D eigenvalue weighted by Gasteiger charge is -2.10. The van der Waals surface area contributed by atoms with Crippen molar-refractivity contribution in [3.05, 3.63) is 33.8 Å². The molecule has 0 bridgehead atoms. The third-order valence-electron chi connectivity index (χ3n) is 3.19. The molecule has 1 aliphatic carbocycles. The lowest BCUT2D eigenvalue weighted by molar-refractivity contribution is -0.119. The van der Waals surface area contributed by atoms with Gasteiger partial charge in [0.2, 0.25) is 0 Å². The number of nitrogens with zero attached hydrogens (tertiary/aromatic N) is 1. The molecule has 0 spiro atoms. The van der Waals surface area contributed by atoms with Crippen LogP contribution in [-0.4, -0.2) is 17.6 Å². The second-order valence-corrected chi connectivity index (χ2v) is 5.01. The van der Waals surface area contributed by atoms with E-state index in [2.05, 4.69) is 5.16 Å². The number of Topliss-reactive ketones (excluding diaryl/α,β-unsaturated/α-hetero) is 1. The highest BCUT2D eigenvalue weighted by Crippen LogP contribution is 2.37. The molecule has 0 radical (unpaired) electrons. The van der Waals surface area contributed by atoms with Gasteiger partial charge in [0.25, 0.3) is 0 Å². The van der Waals surface area contributed by atoms with Gasteiger partial charge in [-0.3, -0.25) is 4.79 Å². The standard InChI is InChI=1S/C12H9Cl2NO2/c13-6-2-1-3-7(14)10(6)12-11-8(16)4-5-9(11)17-15-12/h1-3,9,11H,4-5H2/t9-,11+/m1/s1. The molecule has 17 heavy (non-hydrogen) atoms. The first-order chi connectivity index (χ1) is 8.18. The summed E-state index contributed by atoms with van der Waals surface area (Å²) in [6.07, 6.45) is 1.12. The fraction of sp³-hybridized carbons (Fsp3) is 0.333. The first-order valence-electron chi connectivity index (χ1n) is 5.39. The number of ketones is 1. The maximum absolute atomic E-state index is 11.8. The number of halogens is 2. The summed E-state index contributed by atoms with van der Waals surface area (Å²) in [6.45, 7) is 0. The van der Waals surface area contributed by atoms with Crippen molar-refractivity contribution in [2.75, 3.05) is 0 Å². The van der Waals surface area contributed by atoms with Crippen LogP contribution in [0.3, 0.4) is 0 Å². The average molecular weight is 270 g/mol. The van der Waals surface area contributed by atoms with Crippen LogP contribution in [0.1, 0.15) is 18.4 Å². The van der Waals surface area contributed by atoms with Crippen LogP contribution in [0.4, 0.5) is 0 Å². The van der Waals surface area contributed by atoms with E-state index < -0.39 is 0 Å². The quantitative estimate of drug-likeness (QED) is 0.786. The van der Waals surface area contributed by atoms with Crippen LogP contribution < -0.4 is 0 Å². The van der Waals surface area contributed by atoms with E-state index in [1.54, 1.807) is 18.2 Å². The van der Waals surface area contributed by atoms with Crippen LogP contribution in [0, 0.1) is 5.92 Å². The molecule has 1 aromatic carbocycles. The van der Waals surface area contributed by atoms with Gasteiger partial charge in [0, 0.05) is 12.0 Å². The predicted octanol–water partition coefficient (Wildman–Crippen LogP) is 3.08. The Hall–Kier alpha value is -1.06. The Kier molecular flexibility index (Phi) is 2.60. The highest BCUT2D eigenvalue weighted by atomic mass is 35.5. The molecule has 88 valence electrons. The Morgan fingerprint density at radius 1 is 1.29 bits per heavy atom. The maximum Gasteiger partial charge on any atom is 0.146 e. The van der Waals surface area contributed by atoms with Crippen molar-refractivity contribution < 1.29 is 9.63 Å². The number of fused-ring (bicyclic) bond motifs is 1. The SMILES string of the molecule is O=C1CC[C@H]2ON=C(c3c(Cl)cccc3Cl)[C@@H]12. The smallest absolute Gasteiger partial charge is 0.146 e. The molecule has 0 aromatic heterocycles. The number of hydrogen-bond acceptors (Lipinski definition) is 3. The highest BCUT2D eigenvalue weighted by molar-refractivity contribution is 6.41. The molecular weight excluding hydrogens is 261 g/mol. The second-order valence-electron chi connectivity index (χ2n) is 4.20. The molecule has 1 aromatic rings. The summed E-state index contributed by atoms with van der Waals surface area (Å²) < 4.78 is 0. The summed E-state index contributed by atoms with van der Waals surface area (Å²) in [5.74, 6) is -0.144. The monoisotopic (exact) mass is 269 g/mol. The van der Waals surface area contributed by atoms with E-state index in [1.165, 1.54) is 0 Å². The summed E-state index contributed by atoms with van der Waals surface area (Å²) in [5, 5.41) is 4.99. The van der Waals surface area contributed by atoms with Gasteiger partial charge in [-0.25, -0.2) is 0 Å². The minimum Gasteiger partial charge on any atom is -0.391 e. The van der Waals surface area contributed by atoms with Crippen molar-refractivity contribution in [1.82, 2.24) is 0 Å². The van der Waals surface area contributed by atoms with Crippen LogP contribution >= 0.6 is 23.2 Å². The summed E-state index contributed by atoms with van der Waals surface area (Å²) in [7, 11) is 0. The Labute approximate surface area is 108 Å². The van der Waals surface area contributed by atoms with Crippen molar-refractivity contribution in [2.24, 2.45) is 11.1 Å². The Balaban J connectivity index is 2.08. The molecule has 1 aliphatic heterocycles. The van der Waals surface area contributed by atoms with Gasteiger partial charge in [-0.2, -0.15) is 0 Å². The van der Waals surface area contributed by atoms with Crippen molar-refractivity contribution in [1.29, 1.82) is 0 Å². The summed E-state index contributed by atoms with van der Waals surface area (Å²) in [4.78, 5) is 17.1. The third kappa shape index (κ3) is 1.65. The van der Waals surface area contributed by atoms with Crippen molar-refractivity contribution in [3.8, 4) is 0 Å². The number of rotatable bonds is 1. The number of oxime groups is 1. The van der Waals surface area contributed by atoms with Gasteiger partial charge in [-0.1, -0.05) is 34.4 Å². The zero-order valence-corrected chi connectivity index (χ0v) is 10.3. The molecule has 1 heterocycles. The molecule has 3 rings (SSSR count). The Morgan fingerprint density at radius 2 is 2.00 bits per heavy atom. The molecular formula is C12H9Cl2NO2. The fourth-order valence-corrected chi connectivity index (χ4v) is 2.97. The third-order valence-corrected chi connectivity index (χ3v) is 3.82. The summed E-state index contributed by atoms with van der Waals surface area (Å²) in [6, 6.07) is 5.23. The number of carbonyl (C=O) groups is 1. The minimum atomic E-state index is -0.299. The van der Waals surface area contributed by atoms with Gasteiger partial charge < -0.3 is 4.84 Å². The van der Waals surface area contributed by atoms with E-state index in [9.17, 15) is 4.79 Å². The van der Waals surface area contributed by atoms with Crippen molar-refractivity contribution in [3.63, 3.8) is 0 Å². The Morgan fingerprint density at radius 3 is 2.71 bits per heavy atom. The molecule has 0 unspecified atom stereocenters. The van der Waals surface area contributed by atoms with Crippen LogP contribution in [-0.2, 0) is 9.63 Å². The maximum atomic E-state index is 11.8. The number of hydrogen-bond donors (Lipinski definition) is 0. The zero-order chi connectivity index (χ0) is 12.0. The van der Waals surface area contributed by atoms with Gasteiger partial charge in [0.1, 0.15) is 23.5 Å². The van der Waals surface area contributed by atoms with Crippen LogP contribution in [0.2, 0.25) is 10.0 Å².